The number of para-hydroxylation sites is 1. The topological polar surface area (TPSA) is 77.9 Å². The first-order chi connectivity index (χ1) is 18.5. The summed E-state index contributed by atoms with van der Waals surface area (Å²) in [5, 5.41) is 11.3. The zero-order valence-electron chi connectivity index (χ0n) is 20.3. The largest absolute Gasteiger partial charge is 0.489 e. The number of aromatic nitrogens is 1. The first kappa shape index (κ1) is 25.1. The van der Waals surface area contributed by atoms with Gasteiger partial charge in [-0.3, -0.25) is 0 Å². The van der Waals surface area contributed by atoms with Crippen LogP contribution in [-0.2, 0) is 18.0 Å². The lowest BCUT2D eigenvalue weighted by Gasteiger charge is -2.18. The number of aliphatic carboxylic acids is 1. The van der Waals surface area contributed by atoms with Gasteiger partial charge in [-0.15, -0.1) is 0 Å². The summed E-state index contributed by atoms with van der Waals surface area (Å²) >= 11 is 6.22. The lowest BCUT2D eigenvalue weighted by molar-refractivity contribution is -0.145. The van der Waals surface area contributed by atoms with E-state index < -0.39 is 12.1 Å². The summed E-state index contributed by atoms with van der Waals surface area (Å²) < 4.78 is 17.9. The fraction of sp³-hybridized carbons (Fsp3) is 0.0968. The molecule has 0 aliphatic heterocycles. The third-order valence-electron chi connectivity index (χ3n) is 5.84. The second-order valence-corrected chi connectivity index (χ2v) is 8.98. The van der Waals surface area contributed by atoms with Gasteiger partial charge in [-0.2, -0.15) is 0 Å². The van der Waals surface area contributed by atoms with E-state index in [1.165, 1.54) is 0 Å². The van der Waals surface area contributed by atoms with E-state index >= 15 is 0 Å². The van der Waals surface area contributed by atoms with Crippen molar-refractivity contribution in [2.75, 3.05) is 0 Å². The van der Waals surface area contributed by atoms with Gasteiger partial charge in [0.15, 0.2) is 0 Å². The van der Waals surface area contributed by atoms with E-state index in [0.29, 0.717) is 40.0 Å². The standard InChI is InChI=1S/C31H24ClNO5/c32-24-14-16-29(38-30(31(34)35)22-8-2-1-3-9-22)23(17-24)19-36-26-10-6-11-27(18-26)37-20-25-15-13-21-7-4-5-12-28(21)33-25/h1-18,30H,19-20H2,(H,34,35). The molecule has 5 rings (SSSR count). The second-order valence-electron chi connectivity index (χ2n) is 8.55. The lowest BCUT2D eigenvalue weighted by atomic mass is 10.1. The molecule has 1 unspecified atom stereocenters. The Hall–Kier alpha value is -4.55. The van der Waals surface area contributed by atoms with E-state index in [4.69, 9.17) is 25.8 Å². The third kappa shape index (κ3) is 6.22. The Morgan fingerprint density at radius 2 is 1.53 bits per heavy atom. The highest BCUT2D eigenvalue weighted by atomic mass is 35.5. The molecule has 0 fully saturated rings. The molecule has 0 aliphatic carbocycles. The molecule has 38 heavy (non-hydrogen) atoms. The Morgan fingerprint density at radius 1 is 0.789 bits per heavy atom. The number of carboxylic acid groups (broad SMARTS) is 1. The Labute approximate surface area is 225 Å². The Kier molecular flexibility index (Phi) is 7.71. The molecule has 1 heterocycles. The number of halogens is 1. The lowest BCUT2D eigenvalue weighted by Crippen LogP contribution is -2.19. The van der Waals surface area contributed by atoms with Crippen molar-refractivity contribution in [1.29, 1.82) is 0 Å². The van der Waals surface area contributed by atoms with Crippen LogP contribution in [0.1, 0.15) is 22.9 Å². The summed E-state index contributed by atoms with van der Waals surface area (Å²) in [6.07, 6.45) is -1.17. The monoisotopic (exact) mass is 525 g/mol. The van der Waals surface area contributed by atoms with Gasteiger partial charge in [0.05, 0.1) is 11.2 Å². The van der Waals surface area contributed by atoms with Crippen molar-refractivity contribution < 1.29 is 24.1 Å². The molecule has 0 aliphatic rings. The summed E-state index contributed by atoms with van der Waals surface area (Å²) in [5.41, 5.74) is 2.89. The molecular formula is C31H24ClNO5. The molecule has 6 nitrogen and oxygen atoms in total. The molecule has 1 atom stereocenters. The van der Waals surface area contributed by atoms with Crippen molar-refractivity contribution in [3.05, 3.63) is 131 Å². The number of nitrogens with zero attached hydrogens (tertiary/aromatic N) is 1. The van der Waals surface area contributed by atoms with Gasteiger partial charge in [0, 0.05) is 27.6 Å². The van der Waals surface area contributed by atoms with Gasteiger partial charge in [-0.05, 0) is 42.5 Å². The van der Waals surface area contributed by atoms with Crippen LogP contribution < -0.4 is 14.2 Å². The molecular weight excluding hydrogens is 502 g/mol. The van der Waals surface area contributed by atoms with Crippen LogP contribution in [-0.4, -0.2) is 16.1 Å². The number of hydrogen-bond donors (Lipinski definition) is 1. The molecule has 4 aromatic carbocycles. The molecule has 0 radical (unpaired) electrons. The minimum Gasteiger partial charge on any atom is -0.489 e. The summed E-state index contributed by atoms with van der Waals surface area (Å²) in [6.45, 7) is 0.434. The highest BCUT2D eigenvalue weighted by Crippen LogP contribution is 2.30. The molecule has 5 aromatic rings. The van der Waals surface area contributed by atoms with Gasteiger partial charge in [-0.1, -0.05) is 72.3 Å². The predicted molar refractivity (Wildman–Crippen MR) is 146 cm³/mol. The molecule has 7 heteroatoms. The first-order valence-corrected chi connectivity index (χ1v) is 12.4. The van der Waals surface area contributed by atoms with Crippen molar-refractivity contribution in [2.45, 2.75) is 19.3 Å². The molecule has 0 saturated carbocycles. The minimum absolute atomic E-state index is 0.118. The van der Waals surface area contributed by atoms with Crippen molar-refractivity contribution in [3.8, 4) is 17.2 Å². The Bertz CT molecular complexity index is 1560. The van der Waals surface area contributed by atoms with Crippen LogP contribution in [0.3, 0.4) is 0 Å². The fourth-order valence-corrected chi connectivity index (χ4v) is 4.15. The fourth-order valence-electron chi connectivity index (χ4n) is 3.95. The van der Waals surface area contributed by atoms with Crippen LogP contribution in [0, 0.1) is 0 Å². The van der Waals surface area contributed by atoms with E-state index in [0.717, 1.165) is 16.6 Å². The van der Waals surface area contributed by atoms with Crippen molar-refractivity contribution >= 4 is 28.5 Å². The van der Waals surface area contributed by atoms with Gasteiger partial charge in [-0.25, -0.2) is 9.78 Å². The van der Waals surface area contributed by atoms with Crippen LogP contribution in [0.25, 0.3) is 10.9 Å². The third-order valence-corrected chi connectivity index (χ3v) is 6.07. The number of ether oxygens (including phenoxy) is 3. The van der Waals surface area contributed by atoms with E-state index in [1.807, 2.05) is 60.7 Å². The highest BCUT2D eigenvalue weighted by molar-refractivity contribution is 6.30. The summed E-state index contributed by atoms with van der Waals surface area (Å²) in [6, 6.07) is 33.0. The van der Waals surface area contributed by atoms with Crippen molar-refractivity contribution in [1.82, 2.24) is 4.98 Å². The van der Waals surface area contributed by atoms with E-state index in [9.17, 15) is 9.90 Å². The Morgan fingerprint density at radius 3 is 2.32 bits per heavy atom. The number of fused-ring (bicyclic) bond motifs is 1. The zero-order valence-corrected chi connectivity index (χ0v) is 21.0. The van der Waals surface area contributed by atoms with Gasteiger partial charge in [0.1, 0.15) is 30.5 Å². The molecule has 1 N–H and O–H groups in total. The normalized spacial score (nSPS) is 11.6. The van der Waals surface area contributed by atoms with Gasteiger partial charge >= 0.3 is 5.97 Å². The smallest absolute Gasteiger partial charge is 0.349 e. The number of carbonyl (C=O) groups is 1. The zero-order chi connectivity index (χ0) is 26.3. The maximum absolute atomic E-state index is 11.9. The number of benzene rings is 4. The molecule has 0 bridgehead atoms. The van der Waals surface area contributed by atoms with E-state index in [-0.39, 0.29) is 6.61 Å². The quantitative estimate of drug-likeness (QED) is 0.207. The maximum atomic E-state index is 11.9. The van der Waals surface area contributed by atoms with Crippen LogP contribution in [0.2, 0.25) is 5.02 Å². The minimum atomic E-state index is -1.17. The highest BCUT2D eigenvalue weighted by Gasteiger charge is 2.23. The maximum Gasteiger partial charge on any atom is 0.349 e. The number of pyridine rings is 1. The van der Waals surface area contributed by atoms with Gasteiger partial charge in [0.25, 0.3) is 0 Å². The summed E-state index contributed by atoms with van der Waals surface area (Å²) in [4.78, 5) is 16.6. The summed E-state index contributed by atoms with van der Waals surface area (Å²) in [5.74, 6) is 0.497. The number of carboxylic acids is 1. The van der Waals surface area contributed by atoms with E-state index in [2.05, 4.69) is 4.98 Å². The van der Waals surface area contributed by atoms with Crippen LogP contribution in [0.4, 0.5) is 0 Å². The molecule has 0 saturated heterocycles. The average Bonchev–Trinajstić information content (AvgIpc) is 2.95. The Balaban J connectivity index is 1.27. The number of rotatable bonds is 10. The van der Waals surface area contributed by atoms with Crippen LogP contribution in [0.15, 0.2) is 109 Å². The molecule has 190 valence electrons. The van der Waals surface area contributed by atoms with Gasteiger partial charge < -0.3 is 19.3 Å². The second kappa shape index (κ2) is 11.7. The predicted octanol–water partition coefficient (Wildman–Crippen LogP) is 7.25. The van der Waals surface area contributed by atoms with Crippen LogP contribution >= 0.6 is 11.6 Å². The summed E-state index contributed by atoms with van der Waals surface area (Å²) in [7, 11) is 0. The molecule has 0 spiro atoms. The number of hydrogen-bond acceptors (Lipinski definition) is 5. The SMILES string of the molecule is O=C(O)C(Oc1ccc(Cl)cc1COc1cccc(OCc2ccc3ccccc3n2)c1)c1ccccc1. The first-order valence-electron chi connectivity index (χ1n) is 12.0. The van der Waals surface area contributed by atoms with Crippen LogP contribution in [0.5, 0.6) is 17.2 Å². The van der Waals surface area contributed by atoms with Crippen molar-refractivity contribution in [3.63, 3.8) is 0 Å². The van der Waals surface area contributed by atoms with Crippen molar-refractivity contribution in [2.24, 2.45) is 0 Å². The van der Waals surface area contributed by atoms with E-state index in [1.54, 1.807) is 48.5 Å². The molecule has 0 amide bonds. The molecule has 1 aromatic heterocycles. The van der Waals surface area contributed by atoms with Gasteiger partial charge in [0.2, 0.25) is 6.10 Å². The average molecular weight is 526 g/mol.